The Morgan fingerprint density at radius 1 is 1.00 bits per heavy atom. The number of amides is 1. The van der Waals surface area contributed by atoms with E-state index in [1.165, 1.54) is 19.3 Å². The minimum atomic E-state index is -0.284. The van der Waals surface area contributed by atoms with Gasteiger partial charge in [-0.3, -0.25) is 9.59 Å². The quantitative estimate of drug-likeness (QED) is 0.624. The highest BCUT2D eigenvalue weighted by molar-refractivity contribution is 5.95. The zero-order chi connectivity index (χ0) is 20.2. The highest BCUT2D eigenvalue weighted by Crippen LogP contribution is 2.32. The number of nitrogens with zero attached hydrogens (tertiary/aromatic N) is 2. The van der Waals surface area contributed by atoms with E-state index in [4.69, 9.17) is 9.47 Å². The molecule has 0 bridgehead atoms. The summed E-state index contributed by atoms with van der Waals surface area (Å²) in [7, 11) is 0. The summed E-state index contributed by atoms with van der Waals surface area (Å²) in [6.07, 6.45) is 2.89. The molecule has 29 heavy (non-hydrogen) atoms. The summed E-state index contributed by atoms with van der Waals surface area (Å²) in [6.45, 7) is 2.06. The van der Waals surface area contributed by atoms with E-state index in [0.29, 0.717) is 40.8 Å². The zero-order valence-electron chi connectivity index (χ0n) is 15.6. The van der Waals surface area contributed by atoms with E-state index in [2.05, 4.69) is 20.6 Å². The van der Waals surface area contributed by atoms with Crippen molar-refractivity contribution in [3.8, 4) is 11.5 Å². The Bertz CT molecular complexity index is 1070. The summed E-state index contributed by atoms with van der Waals surface area (Å²) in [4.78, 5) is 32.1. The van der Waals surface area contributed by atoms with Crippen molar-refractivity contribution in [2.24, 2.45) is 0 Å². The van der Waals surface area contributed by atoms with Crippen molar-refractivity contribution in [1.82, 2.24) is 15.3 Å². The number of anilines is 2. The number of aromatic nitrogens is 2. The topological polar surface area (TPSA) is 102 Å². The van der Waals surface area contributed by atoms with Crippen LogP contribution in [0.5, 0.6) is 11.5 Å². The number of Topliss-reactive ketones (excluding diaryl/α,β-unsaturated/α-hetero) is 1. The van der Waals surface area contributed by atoms with Crippen LogP contribution < -0.4 is 20.1 Å². The molecular weight excluding hydrogens is 372 g/mol. The van der Waals surface area contributed by atoms with E-state index in [1.54, 1.807) is 18.2 Å². The predicted molar refractivity (Wildman–Crippen MR) is 105 cm³/mol. The molecular formula is C21H18N4O4. The van der Waals surface area contributed by atoms with E-state index in [-0.39, 0.29) is 18.5 Å². The van der Waals surface area contributed by atoms with Crippen molar-refractivity contribution in [3.05, 3.63) is 71.5 Å². The van der Waals surface area contributed by atoms with Gasteiger partial charge in [-0.1, -0.05) is 18.2 Å². The molecule has 146 valence electrons. The van der Waals surface area contributed by atoms with Crippen LogP contribution in [-0.4, -0.2) is 28.5 Å². The summed E-state index contributed by atoms with van der Waals surface area (Å²) in [6, 6.07) is 12.6. The average Bonchev–Trinajstić information content (AvgIpc) is 3.20. The molecule has 0 unspecified atom stereocenters. The van der Waals surface area contributed by atoms with Gasteiger partial charge in [0.05, 0.1) is 5.56 Å². The fraction of sp³-hybridized carbons (Fsp3) is 0.143. The van der Waals surface area contributed by atoms with Gasteiger partial charge >= 0.3 is 0 Å². The number of nitrogens with one attached hydrogen (secondary N) is 2. The van der Waals surface area contributed by atoms with Gasteiger partial charge < -0.3 is 20.1 Å². The molecule has 1 aromatic heterocycles. The van der Waals surface area contributed by atoms with Gasteiger partial charge in [0.1, 0.15) is 0 Å². The Labute approximate surface area is 166 Å². The average molecular weight is 390 g/mol. The van der Waals surface area contributed by atoms with Crippen LogP contribution in [0.25, 0.3) is 0 Å². The van der Waals surface area contributed by atoms with Gasteiger partial charge in [0.25, 0.3) is 5.91 Å². The largest absolute Gasteiger partial charge is 0.454 e. The number of benzene rings is 2. The third-order valence-electron chi connectivity index (χ3n) is 4.33. The molecule has 4 rings (SSSR count). The standard InChI is InChI=1S/C21H18N4O4/c1-13(26)15-3-2-4-17(8-15)25-21-23-10-16(11-24-21)20(27)22-9-14-5-6-18-19(7-14)29-12-28-18/h2-8,10-11H,9,12H2,1H3,(H,22,27)(H,23,24,25). The highest BCUT2D eigenvalue weighted by Gasteiger charge is 2.14. The van der Waals surface area contributed by atoms with Crippen LogP contribution in [0.15, 0.2) is 54.9 Å². The normalized spacial score (nSPS) is 11.8. The fourth-order valence-corrected chi connectivity index (χ4v) is 2.79. The van der Waals surface area contributed by atoms with E-state index < -0.39 is 0 Å². The van der Waals surface area contributed by atoms with Crippen molar-refractivity contribution in [2.45, 2.75) is 13.5 Å². The molecule has 0 aliphatic carbocycles. The number of hydrogen-bond donors (Lipinski definition) is 2. The van der Waals surface area contributed by atoms with E-state index in [0.717, 1.165) is 5.56 Å². The molecule has 0 saturated carbocycles. The monoisotopic (exact) mass is 390 g/mol. The van der Waals surface area contributed by atoms with E-state index in [1.807, 2.05) is 24.3 Å². The van der Waals surface area contributed by atoms with Gasteiger partial charge in [0.2, 0.25) is 12.7 Å². The molecule has 3 aromatic rings. The van der Waals surface area contributed by atoms with Gasteiger partial charge in [-0.2, -0.15) is 0 Å². The van der Waals surface area contributed by atoms with Crippen LogP contribution in [-0.2, 0) is 6.54 Å². The maximum Gasteiger partial charge on any atom is 0.254 e. The number of fused-ring (bicyclic) bond motifs is 1. The van der Waals surface area contributed by atoms with Crippen molar-refractivity contribution in [3.63, 3.8) is 0 Å². The summed E-state index contributed by atoms with van der Waals surface area (Å²) in [5.74, 6) is 1.39. The van der Waals surface area contributed by atoms with Crippen LogP contribution in [0.3, 0.4) is 0 Å². The summed E-state index contributed by atoms with van der Waals surface area (Å²) in [5, 5.41) is 5.84. The lowest BCUT2D eigenvalue weighted by atomic mass is 10.1. The minimum absolute atomic E-state index is 0.0240. The Balaban J connectivity index is 1.36. The van der Waals surface area contributed by atoms with Gasteiger partial charge in [0, 0.05) is 30.2 Å². The number of ketones is 1. The molecule has 0 spiro atoms. The third kappa shape index (κ3) is 4.32. The molecule has 0 fully saturated rings. The Morgan fingerprint density at radius 3 is 2.59 bits per heavy atom. The lowest BCUT2D eigenvalue weighted by Crippen LogP contribution is -2.23. The smallest absolute Gasteiger partial charge is 0.254 e. The molecule has 0 saturated heterocycles. The molecule has 1 aliphatic heterocycles. The maximum atomic E-state index is 12.3. The second-order valence-corrected chi connectivity index (χ2v) is 6.43. The van der Waals surface area contributed by atoms with Gasteiger partial charge in [0.15, 0.2) is 17.3 Å². The van der Waals surface area contributed by atoms with Crippen LogP contribution in [0.1, 0.15) is 33.2 Å². The summed E-state index contributed by atoms with van der Waals surface area (Å²) in [5.41, 5.74) is 2.52. The lowest BCUT2D eigenvalue weighted by Gasteiger charge is -2.08. The number of rotatable bonds is 6. The number of carbonyl (C=O) groups is 2. The SMILES string of the molecule is CC(=O)c1cccc(Nc2ncc(C(=O)NCc3ccc4c(c3)OCO4)cn2)c1. The number of hydrogen-bond acceptors (Lipinski definition) is 7. The second-order valence-electron chi connectivity index (χ2n) is 6.43. The molecule has 2 heterocycles. The number of ether oxygens (including phenoxy) is 2. The minimum Gasteiger partial charge on any atom is -0.454 e. The third-order valence-corrected chi connectivity index (χ3v) is 4.33. The van der Waals surface area contributed by atoms with Gasteiger partial charge in [-0.05, 0) is 36.8 Å². The fourth-order valence-electron chi connectivity index (χ4n) is 2.79. The molecule has 0 atom stereocenters. The van der Waals surface area contributed by atoms with Crippen LogP contribution in [0.4, 0.5) is 11.6 Å². The number of carbonyl (C=O) groups excluding carboxylic acids is 2. The van der Waals surface area contributed by atoms with Crippen LogP contribution in [0.2, 0.25) is 0 Å². The Hall–Kier alpha value is -3.94. The van der Waals surface area contributed by atoms with Crippen LogP contribution in [0, 0.1) is 0 Å². The predicted octanol–water partition coefficient (Wildman–Crippen LogP) is 3.08. The highest BCUT2D eigenvalue weighted by atomic mass is 16.7. The van der Waals surface area contributed by atoms with Crippen molar-refractivity contribution < 1.29 is 19.1 Å². The first-order valence-corrected chi connectivity index (χ1v) is 8.95. The summed E-state index contributed by atoms with van der Waals surface area (Å²) >= 11 is 0. The Morgan fingerprint density at radius 2 is 1.79 bits per heavy atom. The molecule has 0 radical (unpaired) electrons. The second kappa shape index (κ2) is 7.97. The van der Waals surface area contributed by atoms with Crippen molar-refractivity contribution in [2.75, 3.05) is 12.1 Å². The first-order chi connectivity index (χ1) is 14.1. The molecule has 1 amide bonds. The maximum absolute atomic E-state index is 12.3. The molecule has 2 N–H and O–H groups in total. The molecule has 8 nitrogen and oxygen atoms in total. The van der Waals surface area contributed by atoms with Crippen LogP contribution >= 0.6 is 0 Å². The summed E-state index contributed by atoms with van der Waals surface area (Å²) < 4.78 is 10.6. The molecule has 1 aliphatic rings. The van der Waals surface area contributed by atoms with Gasteiger partial charge in [-0.15, -0.1) is 0 Å². The van der Waals surface area contributed by atoms with E-state index in [9.17, 15) is 9.59 Å². The van der Waals surface area contributed by atoms with E-state index >= 15 is 0 Å². The molecule has 2 aromatic carbocycles. The first kappa shape index (κ1) is 18.4. The van der Waals surface area contributed by atoms with Crippen molar-refractivity contribution in [1.29, 1.82) is 0 Å². The molecule has 8 heteroatoms. The Kier molecular flexibility index (Phi) is 5.07. The first-order valence-electron chi connectivity index (χ1n) is 8.95. The lowest BCUT2D eigenvalue weighted by molar-refractivity contribution is 0.0949. The zero-order valence-corrected chi connectivity index (χ0v) is 15.6. The van der Waals surface area contributed by atoms with Crippen molar-refractivity contribution >= 4 is 23.3 Å². The van der Waals surface area contributed by atoms with Gasteiger partial charge in [-0.25, -0.2) is 9.97 Å².